The van der Waals surface area contributed by atoms with Crippen molar-refractivity contribution in [1.29, 1.82) is 0 Å². The summed E-state index contributed by atoms with van der Waals surface area (Å²) in [6.45, 7) is 10.1. The zero-order chi connectivity index (χ0) is 8.69. The second-order valence-corrected chi connectivity index (χ2v) is 4.12. The Bertz CT molecular complexity index is 164. The number of rotatable bonds is 4. The zero-order valence-corrected chi connectivity index (χ0v) is 8.32. The molecule has 0 spiro atoms. The van der Waals surface area contributed by atoms with Crippen molar-refractivity contribution in [1.82, 2.24) is 0 Å². The molecule has 0 N–H and O–H groups in total. The fraction of sp³-hybridized carbons (Fsp3) is 0.400. The Balaban J connectivity index is 4.11. The van der Waals surface area contributed by atoms with E-state index in [0.29, 0.717) is 5.25 Å². The van der Waals surface area contributed by atoms with Crippen LogP contribution in [0, 0.1) is 0 Å². The average molecular weight is 168 g/mol. The Morgan fingerprint density at radius 1 is 1.45 bits per heavy atom. The third-order valence-electron chi connectivity index (χ3n) is 0.985. The van der Waals surface area contributed by atoms with Crippen molar-refractivity contribution >= 4 is 11.8 Å². The number of thioether (sulfide) groups is 1. The predicted octanol–water partition coefficient (Wildman–Crippen LogP) is 3.77. The molecule has 0 aliphatic rings. The van der Waals surface area contributed by atoms with E-state index in [1.54, 1.807) is 0 Å². The van der Waals surface area contributed by atoms with Gasteiger partial charge in [0.2, 0.25) is 0 Å². The summed E-state index contributed by atoms with van der Waals surface area (Å²) < 4.78 is 0. The molecule has 0 heterocycles. The first kappa shape index (κ1) is 10.6. The minimum Gasteiger partial charge on any atom is -0.123 e. The number of allylic oxidation sites excluding steroid dienone is 4. The van der Waals surface area contributed by atoms with Crippen molar-refractivity contribution in [3.63, 3.8) is 0 Å². The van der Waals surface area contributed by atoms with Crippen LogP contribution in [0.15, 0.2) is 35.8 Å². The number of hydrogen-bond donors (Lipinski definition) is 0. The molecule has 0 saturated carbocycles. The van der Waals surface area contributed by atoms with E-state index in [-0.39, 0.29) is 0 Å². The highest BCUT2D eigenvalue weighted by Crippen LogP contribution is 2.22. The largest absolute Gasteiger partial charge is 0.123 e. The zero-order valence-electron chi connectivity index (χ0n) is 7.50. The van der Waals surface area contributed by atoms with Crippen molar-refractivity contribution in [2.75, 3.05) is 0 Å². The van der Waals surface area contributed by atoms with E-state index in [4.69, 9.17) is 0 Å². The van der Waals surface area contributed by atoms with Crippen LogP contribution in [-0.4, -0.2) is 5.25 Å². The first-order valence-electron chi connectivity index (χ1n) is 3.82. The molecule has 0 saturated heterocycles. The summed E-state index contributed by atoms with van der Waals surface area (Å²) in [5.41, 5.74) is 0. The molecule has 0 amide bonds. The Hall–Kier alpha value is -0.430. The molecule has 0 atom stereocenters. The summed E-state index contributed by atoms with van der Waals surface area (Å²) in [5.74, 6) is 0. The van der Waals surface area contributed by atoms with Gasteiger partial charge in [0, 0.05) is 10.2 Å². The summed E-state index contributed by atoms with van der Waals surface area (Å²) in [7, 11) is 0. The van der Waals surface area contributed by atoms with Crippen molar-refractivity contribution < 1.29 is 0 Å². The lowest BCUT2D eigenvalue weighted by Gasteiger charge is -2.03. The SMILES string of the molecule is C=C/C=C(\C=C/C)SC(C)C. The molecular weight excluding hydrogens is 152 g/mol. The van der Waals surface area contributed by atoms with Crippen LogP contribution in [0.2, 0.25) is 0 Å². The fourth-order valence-corrected chi connectivity index (χ4v) is 1.62. The monoisotopic (exact) mass is 168 g/mol. The second-order valence-electron chi connectivity index (χ2n) is 2.47. The molecule has 0 aliphatic heterocycles. The maximum Gasteiger partial charge on any atom is 0.00710 e. The molecular formula is C10H16S. The highest BCUT2D eigenvalue weighted by molar-refractivity contribution is 8.03. The molecule has 0 aromatic carbocycles. The smallest absolute Gasteiger partial charge is 0.00710 e. The summed E-state index contributed by atoms with van der Waals surface area (Å²) in [6.07, 6.45) is 8.01. The van der Waals surface area contributed by atoms with E-state index in [1.165, 1.54) is 4.91 Å². The van der Waals surface area contributed by atoms with E-state index in [2.05, 4.69) is 26.5 Å². The van der Waals surface area contributed by atoms with Crippen molar-refractivity contribution in [3.8, 4) is 0 Å². The van der Waals surface area contributed by atoms with Gasteiger partial charge in [-0.2, -0.15) is 0 Å². The van der Waals surface area contributed by atoms with Gasteiger partial charge in [0.25, 0.3) is 0 Å². The Kier molecular flexibility index (Phi) is 6.05. The van der Waals surface area contributed by atoms with Crippen LogP contribution < -0.4 is 0 Å². The van der Waals surface area contributed by atoms with Crippen LogP contribution in [0.4, 0.5) is 0 Å². The van der Waals surface area contributed by atoms with Crippen molar-refractivity contribution in [3.05, 3.63) is 35.8 Å². The first-order valence-corrected chi connectivity index (χ1v) is 4.70. The Labute approximate surface area is 74.1 Å². The molecule has 0 rings (SSSR count). The fourth-order valence-electron chi connectivity index (χ4n) is 0.687. The predicted molar refractivity (Wildman–Crippen MR) is 55.8 cm³/mol. The molecule has 1 heteroatoms. The van der Waals surface area contributed by atoms with E-state index < -0.39 is 0 Å². The normalized spacial score (nSPS) is 12.9. The van der Waals surface area contributed by atoms with Gasteiger partial charge in [-0.25, -0.2) is 0 Å². The van der Waals surface area contributed by atoms with Crippen LogP contribution in [0.3, 0.4) is 0 Å². The lowest BCUT2D eigenvalue weighted by Crippen LogP contribution is -1.85. The quantitative estimate of drug-likeness (QED) is 0.576. The summed E-state index contributed by atoms with van der Waals surface area (Å²) in [6, 6.07) is 0. The van der Waals surface area contributed by atoms with Crippen LogP contribution in [-0.2, 0) is 0 Å². The van der Waals surface area contributed by atoms with Gasteiger partial charge < -0.3 is 0 Å². The van der Waals surface area contributed by atoms with Crippen LogP contribution in [0.1, 0.15) is 20.8 Å². The third-order valence-corrected chi connectivity index (χ3v) is 2.00. The molecule has 0 aromatic heterocycles. The molecule has 62 valence electrons. The Morgan fingerprint density at radius 2 is 2.09 bits per heavy atom. The van der Waals surface area contributed by atoms with Crippen molar-refractivity contribution in [2.45, 2.75) is 26.0 Å². The van der Waals surface area contributed by atoms with E-state index in [0.717, 1.165) is 0 Å². The van der Waals surface area contributed by atoms with E-state index in [1.807, 2.05) is 36.9 Å². The van der Waals surface area contributed by atoms with Gasteiger partial charge in [-0.15, -0.1) is 11.8 Å². The van der Waals surface area contributed by atoms with Crippen molar-refractivity contribution in [2.24, 2.45) is 0 Å². The highest BCUT2D eigenvalue weighted by Gasteiger charge is 1.95. The summed E-state index contributed by atoms with van der Waals surface area (Å²) in [5, 5.41) is 0.636. The molecule has 0 fully saturated rings. The lowest BCUT2D eigenvalue weighted by molar-refractivity contribution is 1.12. The average Bonchev–Trinajstić information content (AvgIpc) is 1.87. The summed E-state index contributed by atoms with van der Waals surface area (Å²) >= 11 is 1.85. The van der Waals surface area contributed by atoms with Gasteiger partial charge in [0.15, 0.2) is 0 Å². The minimum absolute atomic E-state index is 0.636. The maximum atomic E-state index is 3.67. The molecule has 11 heavy (non-hydrogen) atoms. The highest BCUT2D eigenvalue weighted by atomic mass is 32.2. The van der Waals surface area contributed by atoms with Gasteiger partial charge in [-0.1, -0.05) is 38.7 Å². The topological polar surface area (TPSA) is 0 Å². The second kappa shape index (κ2) is 6.29. The van der Waals surface area contributed by atoms with Crippen LogP contribution in [0.5, 0.6) is 0 Å². The van der Waals surface area contributed by atoms with E-state index in [9.17, 15) is 0 Å². The van der Waals surface area contributed by atoms with E-state index >= 15 is 0 Å². The van der Waals surface area contributed by atoms with Gasteiger partial charge in [-0.05, 0) is 13.0 Å². The van der Waals surface area contributed by atoms with Crippen LogP contribution >= 0.6 is 11.8 Å². The van der Waals surface area contributed by atoms with Gasteiger partial charge in [0.1, 0.15) is 0 Å². The standard InChI is InChI=1S/C10H16S/c1-5-7-10(8-6-2)11-9(3)4/h5-9H,1H2,2-4H3/b8-6-,10-7+. The van der Waals surface area contributed by atoms with Crippen LogP contribution in [0.25, 0.3) is 0 Å². The molecule has 0 aliphatic carbocycles. The molecule has 0 aromatic rings. The number of hydrogen-bond acceptors (Lipinski definition) is 1. The maximum absolute atomic E-state index is 3.67. The lowest BCUT2D eigenvalue weighted by atomic mass is 10.4. The molecule has 0 nitrogen and oxygen atoms in total. The molecule has 0 bridgehead atoms. The van der Waals surface area contributed by atoms with Gasteiger partial charge >= 0.3 is 0 Å². The summed E-state index contributed by atoms with van der Waals surface area (Å²) in [4.78, 5) is 1.28. The minimum atomic E-state index is 0.636. The van der Waals surface area contributed by atoms with Gasteiger partial charge in [-0.3, -0.25) is 0 Å². The first-order chi connectivity index (χ1) is 5.20. The Morgan fingerprint density at radius 3 is 2.45 bits per heavy atom. The molecule has 0 unspecified atom stereocenters. The molecule has 0 radical (unpaired) electrons. The van der Waals surface area contributed by atoms with Gasteiger partial charge in [0.05, 0.1) is 0 Å². The third kappa shape index (κ3) is 5.99.